The minimum atomic E-state index is 0.318. The van der Waals surface area contributed by atoms with E-state index in [2.05, 4.69) is 19.7 Å². The van der Waals surface area contributed by atoms with Crippen molar-refractivity contribution in [2.75, 3.05) is 13.2 Å². The smallest absolute Gasteiger partial charge is 0.0809 e. The summed E-state index contributed by atoms with van der Waals surface area (Å²) >= 11 is 4.25. The Labute approximate surface area is 114 Å². The number of halogens is 1. The third-order valence-electron chi connectivity index (χ3n) is 2.36. The molecule has 1 unspecified atom stereocenters. The van der Waals surface area contributed by atoms with E-state index in [9.17, 15) is 0 Å². The third-order valence-corrected chi connectivity index (χ3v) is 2.36. The van der Waals surface area contributed by atoms with Gasteiger partial charge in [0.05, 0.1) is 12.7 Å². The summed E-state index contributed by atoms with van der Waals surface area (Å²) in [4.78, 5) is 0. The maximum absolute atomic E-state index is 5.55. The molecule has 1 heterocycles. The second kappa shape index (κ2) is 9.29. The second-order valence-electron chi connectivity index (χ2n) is 3.54. The van der Waals surface area contributed by atoms with E-state index < -0.39 is 0 Å². The zero-order valence-corrected chi connectivity index (χ0v) is 13.9. The Kier molecular flexibility index (Phi) is 8.31. The van der Waals surface area contributed by atoms with Crippen LogP contribution >= 0.6 is 13.6 Å². The van der Waals surface area contributed by atoms with E-state index in [4.69, 9.17) is 9.47 Å². The van der Waals surface area contributed by atoms with Gasteiger partial charge in [-0.3, -0.25) is 0 Å². The van der Waals surface area contributed by atoms with Crippen LogP contribution in [-0.2, 0) is 32.4 Å². The summed E-state index contributed by atoms with van der Waals surface area (Å²) in [5.41, 5.74) is 1.10. The Bertz CT molecular complexity index is 263. The molecular formula is C12H15BrO2Zn. The minimum Gasteiger partial charge on any atom is -0.376 e. The van der Waals surface area contributed by atoms with E-state index in [0.717, 1.165) is 18.6 Å². The topological polar surface area (TPSA) is 18.5 Å². The van der Waals surface area contributed by atoms with Gasteiger partial charge in [0.25, 0.3) is 0 Å². The molecule has 4 heteroatoms. The molecule has 1 saturated heterocycles. The van der Waals surface area contributed by atoms with Crippen molar-refractivity contribution in [2.24, 2.45) is 0 Å². The molecule has 0 aromatic heterocycles. The van der Waals surface area contributed by atoms with Gasteiger partial charge >= 0.3 is 30.0 Å². The number of rotatable bonds is 4. The maximum Gasteiger partial charge on any atom is 0.0809 e. The fourth-order valence-electron chi connectivity index (χ4n) is 1.60. The largest absolute Gasteiger partial charge is 0.376 e. The summed E-state index contributed by atoms with van der Waals surface area (Å²) in [6.45, 7) is 2.24. The van der Waals surface area contributed by atoms with Crippen LogP contribution in [0, 0.1) is 6.07 Å². The van der Waals surface area contributed by atoms with E-state index in [1.807, 2.05) is 24.3 Å². The number of benzene rings is 1. The van der Waals surface area contributed by atoms with Gasteiger partial charge in [-0.1, -0.05) is 0 Å². The summed E-state index contributed by atoms with van der Waals surface area (Å²) in [6.07, 6.45) is 2.63. The van der Waals surface area contributed by atoms with Crippen molar-refractivity contribution in [3.8, 4) is 0 Å². The summed E-state index contributed by atoms with van der Waals surface area (Å²) in [6, 6.07) is 11.0. The van der Waals surface area contributed by atoms with E-state index in [0.29, 0.717) is 19.3 Å². The van der Waals surface area contributed by atoms with Gasteiger partial charge in [0, 0.05) is 13.2 Å². The maximum atomic E-state index is 5.55. The van der Waals surface area contributed by atoms with E-state index in [1.54, 1.807) is 0 Å². The summed E-state index contributed by atoms with van der Waals surface area (Å²) in [5.74, 6) is 0. The van der Waals surface area contributed by atoms with Crippen LogP contribution in [0.3, 0.4) is 0 Å². The molecule has 0 amide bonds. The Hall–Kier alpha value is 0.243. The average molecular weight is 337 g/mol. The van der Waals surface area contributed by atoms with Gasteiger partial charge in [-0.25, -0.2) is 0 Å². The molecule has 1 atom stereocenters. The normalized spacial score (nSPS) is 19.1. The molecule has 1 fully saturated rings. The zero-order chi connectivity index (χ0) is 11.6. The molecule has 1 aromatic rings. The number of ether oxygens (including phenoxy) is 2. The average Bonchev–Trinajstić information content (AvgIpc) is 2.86. The Morgan fingerprint density at radius 2 is 2.38 bits per heavy atom. The van der Waals surface area contributed by atoms with Crippen LogP contribution in [0.25, 0.3) is 0 Å². The molecule has 1 aliphatic rings. The third kappa shape index (κ3) is 5.54. The fourth-order valence-corrected chi connectivity index (χ4v) is 1.60. The van der Waals surface area contributed by atoms with Crippen molar-refractivity contribution >= 4 is 13.6 Å². The van der Waals surface area contributed by atoms with Crippen LogP contribution in [0.2, 0.25) is 0 Å². The fraction of sp³-hybridized carbons (Fsp3) is 0.500. The van der Waals surface area contributed by atoms with E-state index in [1.165, 1.54) is 22.8 Å². The van der Waals surface area contributed by atoms with Crippen molar-refractivity contribution in [3.05, 3.63) is 35.9 Å². The van der Waals surface area contributed by atoms with Crippen LogP contribution in [-0.4, -0.2) is 19.3 Å². The SMILES string of the molecule is [Zn+][Br].[c-]1ccccc1COCC1CCCO1. The van der Waals surface area contributed by atoms with Gasteiger partial charge < -0.3 is 9.47 Å². The number of hydrogen-bond donors (Lipinski definition) is 0. The molecule has 16 heavy (non-hydrogen) atoms. The van der Waals surface area contributed by atoms with Crippen LogP contribution in [0.1, 0.15) is 18.4 Å². The minimum absolute atomic E-state index is 0.318. The van der Waals surface area contributed by atoms with Crippen LogP contribution < -0.4 is 0 Å². The number of hydrogen-bond acceptors (Lipinski definition) is 2. The quantitative estimate of drug-likeness (QED) is 0.621. The summed E-state index contributed by atoms with van der Waals surface area (Å²) in [7, 11) is 0. The first-order valence-corrected chi connectivity index (χ1v) is 12.3. The van der Waals surface area contributed by atoms with Crippen molar-refractivity contribution in [1.29, 1.82) is 0 Å². The molecule has 1 aromatic carbocycles. The summed E-state index contributed by atoms with van der Waals surface area (Å²) in [5, 5.41) is 0. The van der Waals surface area contributed by atoms with Crippen molar-refractivity contribution < 1.29 is 25.8 Å². The molecule has 0 spiro atoms. The Morgan fingerprint density at radius 1 is 1.50 bits per heavy atom. The van der Waals surface area contributed by atoms with Gasteiger partial charge in [0.1, 0.15) is 0 Å². The van der Waals surface area contributed by atoms with Crippen molar-refractivity contribution in [1.82, 2.24) is 0 Å². The van der Waals surface area contributed by atoms with Crippen LogP contribution in [0.5, 0.6) is 0 Å². The van der Waals surface area contributed by atoms with Crippen molar-refractivity contribution in [3.63, 3.8) is 0 Å². The predicted molar refractivity (Wildman–Crippen MR) is 62.8 cm³/mol. The predicted octanol–water partition coefficient (Wildman–Crippen LogP) is 3.03. The zero-order valence-electron chi connectivity index (χ0n) is 9.32. The molecule has 2 rings (SSSR count). The Morgan fingerprint density at radius 3 is 3.00 bits per heavy atom. The summed E-state index contributed by atoms with van der Waals surface area (Å²) < 4.78 is 11.0. The monoisotopic (exact) mass is 334 g/mol. The molecule has 0 N–H and O–H groups in total. The standard InChI is InChI=1S/C12H15O2.BrH.Zn/c1-2-5-11(6-3-1)9-13-10-12-7-4-8-14-12;;/h1-3,5,12H,4,7-10H2;1H;/q-1;;+2/p-1. The Balaban J connectivity index is 0.000000606. The van der Waals surface area contributed by atoms with Crippen molar-refractivity contribution in [2.45, 2.75) is 25.6 Å². The molecule has 0 radical (unpaired) electrons. The van der Waals surface area contributed by atoms with Crippen LogP contribution in [0.15, 0.2) is 24.3 Å². The molecule has 0 bridgehead atoms. The molecule has 1 aliphatic heterocycles. The van der Waals surface area contributed by atoms with Gasteiger partial charge in [0.15, 0.2) is 0 Å². The van der Waals surface area contributed by atoms with Gasteiger partial charge in [-0.15, -0.1) is 5.56 Å². The first-order valence-electron chi connectivity index (χ1n) is 5.37. The van der Waals surface area contributed by atoms with Gasteiger partial charge in [0.2, 0.25) is 0 Å². The van der Waals surface area contributed by atoms with E-state index >= 15 is 0 Å². The van der Waals surface area contributed by atoms with Gasteiger partial charge in [-0.2, -0.15) is 30.3 Å². The van der Waals surface area contributed by atoms with Crippen LogP contribution in [0.4, 0.5) is 0 Å². The molecule has 2 nitrogen and oxygen atoms in total. The second-order valence-corrected chi connectivity index (χ2v) is 3.54. The molecule has 0 aliphatic carbocycles. The first kappa shape index (κ1) is 14.3. The molecule has 84 valence electrons. The first-order chi connectivity index (χ1) is 7.95. The van der Waals surface area contributed by atoms with E-state index in [-0.39, 0.29) is 0 Å². The molecular weight excluding hydrogens is 321 g/mol. The van der Waals surface area contributed by atoms with Gasteiger partial charge in [-0.05, 0) is 12.8 Å². The molecule has 0 saturated carbocycles.